The van der Waals surface area contributed by atoms with Crippen molar-refractivity contribution in [3.05, 3.63) is 68.6 Å². The Hall–Kier alpha value is -2.28. The van der Waals surface area contributed by atoms with E-state index in [1.54, 1.807) is 24.3 Å². The van der Waals surface area contributed by atoms with E-state index in [0.29, 0.717) is 0 Å². The van der Waals surface area contributed by atoms with E-state index in [-0.39, 0.29) is 11.6 Å². The fraction of sp³-hybridized carbons (Fsp3) is 0.200. The SMILES string of the molecule is CC(=O)C(C#N)c1ccc(Br)cc1.CC(=O)C(C#N)c1ccc(Br)cc1. The maximum atomic E-state index is 11.0. The minimum absolute atomic E-state index is 0.121. The van der Waals surface area contributed by atoms with Crippen molar-refractivity contribution in [2.24, 2.45) is 0 Å². The van der Waals surface area contributed by atoms with Crippen molar-refractivity contribution >= 4 is 43.4 Å². The van der Waals surface area contributed by atoms with Crippen LogP contribution in [0.5, 0.6) is 0 Å². The summed E-state index contributed by atoms with van der Waals surface area (Å²) in [6.07, 6.45) is 0. The lowest BCUT2D eigenvalue weighted by atomic mass is 9.97. The van der Waals surface area contributed by atoms with E-state index >= 15 is 0 Å². The first-order valence-corrected chi connectivity index (χ1v) is 9.19. The first-order chi connectivity index (χ1) is 12.3. The van der Waals surface area contributed by atoms with Gasteiger partial charge in [0.2, 0.25) is 0 Å². The first-order valence-electron chi connectivity index (χ1n) is 7.61. The molecule has 2 rings (SSSR count). The van der Waals surface area contributed by atoms with Gasteiger partial charge in [0.1, 0.15) is 11.8 Å². The highest BCUT2D eigenvalue weighted by Crippen LogP contribution is 2.19. The highest BCUT2D eigenvalue weighted by atomic mass is 79.9. The van der Waals surface area contributed by atoms with Crippen molar-refractivity contribution in [1.82, 2.24) is 0 Å². The van der Waals surface area contributed by atoms with Crippen LogP contribution < -0.4 is 0 Å². The Morgan fingerprint density at radius 3 is 1.19 bits per heavy atom. The van der Waals surface area contributed by atoms with Crippen molar-refractivity contribution in [2.75, 3.05) is 0 Å². The Morgan fingerprint density at radius 2 is 1.00 bits per heavy atom. The summed E-state index contributed by atoms with van der Waals surface area (Å²) in [5.74, 6) is -1.50. The first kappa shape index (κ1) is 21.8. The van der Waals surface area contributed by atoms with Crippen molar-refractivity contribution in [1.29, 1.82) is 10.5 Å². The number of hydrogen-bond donors (Lipinski definition) is 0. The third-order valence-electron chi connectivity index (χ3n) is 3.48. The highest BCUT2D eigenvalue weighted by Gasteiger charge is 2.15. The molecule has 0 aromatic heterocycles. The lowest BCUT2D eigenvalue weighted by Gasteiger charge is -2.04. The quantitative estimate of drug-likeness (QED) is 0.601. The molecule has 0 aliphatic rings. The Bertz CT molecular complexity index is 774. The third kappa shape index (κ3) is 6.55. The van der Waals surface area contributed by atoms with Gasteiger partial charge in [-0.05, 0) is 49.2 Å². The van der Waals surface area contributed by atoms with Gasteiger partial charge in [0.15, 0.2) is 11.6 Å². The lowest BCUT2D eigenvalue weighted by molar-refractivity contribution is -0.118. The van der Waals surface area contributed by atoms with Crippen LogP contribution in [0.4, 0.5) is 0 Å². The Kier molecular flexibility index (Phi) is 8.92. The Balaban J connectivity index is 0.000000260. The summed E-state index contributed by atoms with van der Waals surface area (Å²) in [7, 11) is 0. The van der Waals surface area contributed by atoms with E-state index in [2.05, 4.69) is 31.9 Å². The molecule has 26 heavy (non-hydrogen) atoms. The van der Waals surface area contributed by atoms with E-state index in [9.17, 15) is 9.59 Å². The van der Waals surface area contributed by atoms with E-state index in [0.717, 1.165) is 20.1 Å². The van der Waals surface area contributed by atoms with Crippen LogP contribution in [0.2, 0.25) is 0 Å². The second-order valence-corrected chi connectivity index (χ2v) is 7.28. The van der Waals surface area contributed by atoms with Crippen LogP contribution in [0.1, 0.15) is 36.8 Å². The van der Waals surface area contributed by atoms with Crippen molar-refractivity contribution in [3.63, 3.8) is 0 Å². The zero-order valence-corrected chi connectivity index (χ0v) is 17.4. The third-order valence-corrected chi connectivity index (χ3v) is 4.54. The summed E-state index contributed by atoms with van der Waals surface area (Å²) in [4.78, 5) is 22.1. The fourth-order valence-corrected chi connectivity index (χ4v) is 2.64. The van der Waals surface area contributed by atoms with Crippen LogP contribution in [0.25, 0.3) is 0 Å². The molecule has 2 unspecified atom stereocenters. The van der Waals surface area contributed by atoms with Gasteiger partial charge in [-0.2, -0.15) is 10.5 Å². The topological polar surface area (TPSA) is 81.7 Å². The standard InChI is InChI=1S/2C10H8BrNO/c2*1-7(13)10(6-12)8-2-4-9(11)5-3-8/h2*2-5,10H,1H3. The molecule has 0 N–H and O–H groups in total. The molecule has 0 aliphatic carbocycles. The molecule has 0 heterocycles. The number of hydrogen-bond acceptors (Lipinski definition) is 4. The molecule has 0 saturated carbocycles. The van der Waals surface area contributed by atoms with Crippen molar-refractivity contribution in [2.45, 2.75) is 25.7 Å². The molecule has 0 fully saturated rings. The van der Waals surface area contributed by atoms with Crippen LogP contribution in [0, 0.1) is 22.7 Å². The molecule has 0 saturated heterocycles. The minimum atomic E-state index is -0.631. The lowest BCUT2D eigenvalue weighted by Crippen LogP contribution is -2.05. The summed E-state index contributed by atoms with van der Waals surface area (Å²) in [6, 6.07) is 18.3. The zero-order chi connectivity index (χ0) is 19.7. The Morgan fingerprint density at radius 1 is 0.731 bits per heavy atom. The van der Waals surface area contributed by atoms with Gasteiger partial charge in [0.25, 0.3) is 0 Å². The van der Waals surface area contributed by atoms with Gasteiger partial charge >= 0.3 is 0 Å². The predicted molar refractivity (Wildman–Crippen MR) is 106 cm³/mol. The largest absolute Gasteiger partial charge is 0.298 e. The van der Waals surface area contributed by atoms with Crippen molar-refractivity contribution in [3.8, 4) is 12.1 Å². The fourth-order valence-electron chi connectivity index (χ4n) is 2.11. The van der Waals surface area contributed by atoms with Gasteiger partial charge in [-0.1, -0.05) is 56.1 Å². The number of nitrogens with zero attached hydrogens (tertiary/aromatic N) is 2. The molecule has 0 amide bonds. The summed E-state index contributed by atoms with van der Waals surface area (Å²) >= 11 is 6.57. The molecule has 0 radical (unpaired) electrons. The number of halogens is 2. The summed E-state index contributed by atoms with van der Waals surface area (Å²) < 4.78 is 1.88. The maximum Gasteiger partial charge on any atom is 0.151 e. The average Bonchev–Trinajstić information content (AvgIpc) is 2.59. The molecule has 2 atom stereocenters. The number of nitriles is 2. The number of Topliss-reactive ketones (excluding diaryl/α,β-unsaturated/α-hetero) is 2. The normalized spacial score (nSPS) is 11.8. The van der Waals surface area contributed by atoms with E-state index in [1.165, 1.54) is 13.8 Å². The summed E-state index contributed by atoms with van der Waals surface area (Å²) in [5.41, 5.74) is 1.50. The van der Waals surface area contributed by atoms with Crippen molar-refractivity contribution < 1.29 is 9.59 Å². The zero-order valence-electron chi connectivity index (χ0n) is 14.2. The number of benzene rings is 2. The van der Waals surface area contributed by atoms with Crippen LogP contribution in [-0.4, -0.2) is 11.6 Å². The molecule has 6 heteroatoms. The molecule has 4 nitrogen and oxygen atoms in total. The number of ketones is 2. The molecule has 0 aliphatic heterocycles. The van der Waals surface area contributed by atoms with Crippen LogP contribution in [-0.2, 0) is 9.59 Å². The number of rotatable bonds is 4. The average molecular weight is 476 g/mol. The maximum absolute atomic E-state index is 11.0. The van der Waals surface area contributed by atoms with Crippen LogP contribution >= 0.6 is 31.9 Å². The van der Waals surface area contributed by atoms with E-state index in [1.807, 2.05) is 36.4 Å². The monoisotopic (exact) mass is 474 g/mol. The van der Waals surface area contributed by atoms with Gasteiger partial charge in [-0.15, -0.1) is 0 Å². The highest BCUT2D eigenvalue weighted by molar-refractivity contribution is 9.10. The molecule has 0 bridgehead atoms. The smallest absolute Gasteiger partial charge is 0.151 e. The van der Waals surface area contributed by atoms with Crippen LogP contribution in [0.15, 0.2) is 57.5 Å². The molecular formula is C20H16Br2N2O2. The van der Waals surface area contributed by atoms with Gasteiger partial charge in [-0.25, -0.2) is 0 Å². The van der Waals surface area contributed by atoms with Gasteiger partial charge < -0.3 is 0 Å². The van der Waals surface area contributed by atoms with Gasteiger partial charge in [0, 0.05) is 8.95 Å². The minimum Gasteiger partial charge on any atom is -0.298 e. The number of carbonyl (C=O) groups excluding carboxylic acids is 2. The molecule has 132 valence electrons. The van der Waals surface area contributed by atoms with Gasteiger partial charge in [0.05, 0.1) is 12.1 Å². The summed E-state index contributed by atoms with van der Waals surface area (Å²) in [5, 5.41) is 17.5. The van der Waals surface area contributed by atoms with E-state index in [4.69, 9.17) is 10.5 Å². The Labute approximate surface area is 169 Å². The molecule has 0 spiro atoms. The van der Waals surface area contributed by atoms with Gasteiger partial charge in [-0.3, -0.25) is 9.59 Å². The second-order valence-electron chi connectivity index (χ2n) is 5.45. The molecular weight excluding hydrogens is 460 g/mol. The predicted octanol–water partition coefficient (Wildman–Crippen LogP) is 5.29. The van der Waals surface area contributed by atoms with Crippen LogP contribution in [0.3, 0.4) is 0 Å². The number of carbonyl (C=O) groups is 2. The second kappa shape index (κ2) is 10.7. The molecule has 2 aromatic rings. The van der Waals surface area contributed by atoms with E-state index < -0.39 is 11.8 Å². The summed E-state index contributed by atoms with van der Waals surface area (Å²) in [6.45, 7) is 2.85. The molecule has 2 aromatic carbocycles.